The quantitative estimate of drug-likeness (QED) is 0.568. The van der Waals surface area contributed by atoms with Gasteiger partial charge in [0.25, 0.3) is 0 Å². The van der Waals surface area contributed by atoms with Crippen molar-refractivity contribution in [2.24, 2.45) is 0 Å². The monoisotopic (exact) mass is 389 g/mol. The Kier molecular flexibility index (Phi) is 6.13. The van der Waals surface area contributed by atoms with Crippen molar-refractivity contribution in [3.8, 4) is 11.5 Å². The van der Waals surface area contributed by atoms with Crippen LogP contribution in [0, 0.1) is 0 Å². The van der Waals surface area contributed by atoms with E-state index in [1.54, 1.807) is 6.07 Å². The van der Waals surface area contributed by atoms with Gasteiger partial charge in [-0.3, -0.25) is 0 Å². The highest BCUT2D eigenvalue weighted by molar-refractivity contribution is 5.37. The lowest BCUT2D eigenvalue weighted by atomic mass is 9.88. The number of nitrogens with one attached hydrogen (secondary N) is 1. The van der Waals surface area contributed by atoms with E-state index < -0.39 is 6.10 Å². The Bertz CT molecular complexity index is 925. The first-order chi connectivity index (χ1) is 14.2. The number of aryl methyl sites for hydroxylation is 1. The molecule has 0 amide bonds. The van der Waals surface area contributed by atoms with E-state index in [1.807, 2.05) is 66.7 Å². The molecule has 0 heterocycles. The van der Waals surface area contributed by atoms with E-state index >= 15 is 0 Å². The normalized spacial score (nSPS) is 16.8. The second-order valence-corrected chi connectivity index (χ2v) is 7.66. The molecule has 3 N–H and O–H groups in total. The van der Waals surface area contributed by atoms with Crippen molar-refractivity contribution in [2.45, 2.75) is 38.0 Å². The van der Waals surface area contributed by atoms with E-state index in [0.29, 0.717) is 24.9 Å². The minimum atomic E-state index is -0.566. The highest BCUT2D eigenvalue weighted by Gasteiger charge is 2.19. The van der Waals surface area contributed by atoms with Gasteiger partial charge in [0.2, 0.25) is 0 Å². The molecule has 4 heteroatoms. The number of benzene rings is 3. The number of aromatic hydroxyl groups is 1. The summed E-state index contributed by atoms with van der Waals surface area (Å²) in [6, 6.07) is 23.6. The molecule has 0 unspecified atom stereocenters. The molecule has 1 aliphatic rings. The highest BCUT2D eigenvalue weighted by Crippen LogP contribution is 2.25. The minimum absolute atomic E-state index is 0.312. The molecule has 0 bridgehead atoms. The molecule has 4 nitrogen and oxygen atoms in total. The Morgan fingerprint density at radius 2 is 1.76 bits per heavy atom. The van der Waals surface area contributed by atoms with Gasteiger partial charge in [-0.15, -0.1) is 0 Å². The molecule has 29 heavy (non-hydrogen) atoms. The zero-order chi connectivity index (χ0) is 20.1. The van der Waals surface area contributed by atoms with E-state index in [-0.39, 0.29) is 0 Å². The van der Waals surface area contributed by atoms with Crippen LogP contribution in [0.3, 0.4) is 0 Å². The van der Waals surface area contributed by atoms with Crippen molar-refractivity contribution in [1.29, 1.82) is 0 Å². The van der Waals surface area contributed by atoms with Gasteiger partial charge < -0.3 is 20.3 Å². The summed E-state index contributed by atoms with van der Waals surface area (Å²) in [5.41, 5.74) is 4.51. The van der Waals surface area contributed by atoms with Crippen LogP contribution in [0.25, 0.3) is 0 Å². The standard InChI is InChI=1S/C25H27NO3/c27-23-11-7-19-6-10-22(14-21(19)15-23)26-16-25(28)20-8-12-24(13-9-20)29-17-18-4-2-1-3-5-18/h1-5,7-9,11-13,15,22,25-28H,6,10,14,16-17H2/t22-,25+/m0/s1. The van der Waals surface area contributed by atoms with Crippen molar-refractivity contribution in [3.05, 3.63) is 95.1 Å². The summed E-state index contributed by atoms with van der Waals surface area (Å²) in [6.45, 7) is 1.03. The number of rotatable bonds is 7. The lowest BCUT2D eigenvalue weighted by molar-refractivity contribution is 0.168. The Morgan fingerprint density at radius 1 is 0.966 bits per heavy atom. The molecule has 2 atom stereocenters. The fourth-order valence-electron chi connectivity index (χ4n) is 3.84. The van der Waals surface area contributed by atoms with Gasteiger partial charge in [-0.1, -0.05) is 48.5 Å². The third-order valence-corrected chi connectivity index (χ3v) is 5.53. The second kappa shape index (κ2) is 9.12. The zero-order valence-corrected chi connectivity index (χ0v) is 16.4. The summed E-state index contributed by atoms with van der Waals surface area (Å²) >= 11 is 0. The molecule has 150 valence electrons. The summed E-state index contributed by atoms with van der Waals surface area (Å²) < 4.78 is 5.81. The van der Waals surface area contributed by atoms with E-state index in [9.17, 15) is 10.2 Å². The third-order valence-electron chi connectivity index (χ3n) is 5.53. The van der Waals surface area contributed by atoms with Gasteiger partial charge in [0.15, 0.2) is 0 Å². The number of aliphatic hydroxyl groups excluding tert-OH is 1. The Balaban J connectivity index is 1.27. The van der Waals surface area contributed by atoms with Crippen LogP contribution >= 0.6 is 0 Å². The molecular weight excluding hydrogens is 362 g/mol. The van der Waals surface area contributed by atoms with Gasteiger partial charge in [0.1, 0.15) is 18.1 Å². The van der Waals surface area contributed by atoms with E-state index in [0.717, 1.165) is 36.1 Å². The number of phenols is 1. The van der Waals surface area contributed by atoms with Crippen molar-refractivity contribution in [2.75, 3.05) is 6.54 Å². The summed E-state index contributed by atoms with van der Waals surface area (Å²) in [5.74, 6) is 1.11. The van der Waals surface area contributed by atoms with Gasteiger partial charge in [0.05, 0.1) is 6.10 Å². The molecule has 4 rings (SSSR count). The lowest BCUT2D eigenvalue weighted by Crippen LogP contribution is -2.37. The molecule has 3 aromatic rings. The average molecular weight is 389 g/mol. The van der Waals surface area contributed by atoms with E-state index in [1.165, 1.54) is 11.1 Å². The van der Waals surface area contributed by atoms with Gasteiger partial charge >= 0.3 is 0 Å². The Labute approximate surface area is 171 Å². The maximum absolute atomic E-state index is 10.5. The first-order valence-electron chi connectivity index (χ1n) is 10.2. The van der Waals surface area contributed by atoms with Crippen LogP contribution in [0.1, 0.15) is 34.8 Å². The Morgan fingerprint density at radius 3 is 2.55 bits per heavy atom. The Hall–Kier alpha value is -2.82. The number of ether oxygens (including phenoxy) is 1. The second-order valence-electron chi connectivity index (χ2n) is 7.66. The van der Waals surface area contributed by atoms with Gasteiger partial charge in [-0.25, -0.2) is 0 Å². The number of phenolic OH excluding ortho intramolecular Hbond substituents is 1. The topological polar surface area (TPSA) is 61.7 Å². The number of fused-ring (bicyclic) bond motifs is 1. The number of hydrogen-bond donors (Lipinski definition) is 3. The van der Waals surface area contributed by atoms with Crippen LogP contribution in [0.15, 0.2) is 72.8 Å². The van der Waals surface area contributed by atoms with Crippen LogP contribution in [-0.4, -0.2) is 22.8 Å². The zero-order valence-electron chi connectivity index (χ0n) is 16.4. The largest absolute Gasteiger partial charge is 0.508 e. The van der Waals surface area contributed by atoms with Crippen LogP contribution in [0.4, 0.5) is 0 Å². The van der Waals surface area contributed by atoms with Gasteiger partial charge in [0, 0.05) is 12.6 Å². The predicted octanol–water partition coefficient (Wildman–Crippen LogP) is 4.15. The van der Waals surface area contributed by atoms with Crippen molar-refractivity contribution in [1.82, 2.24) is 5.32 Å². The summed E-state index contributed by atoms with van der Waals surface area (Å²) in [4.78, 5) is 0. The molecule has 3 aromatic carbocycles. The van der Waals surface area contributed by atoms with Crippen LogP contribution in [0.2, 0.25) is 0 Å². The third kappa shape index (κ3) is 5.17. The number of hydrogen-bond acceptors (Lipinski definition) is 4. The predicted molar refractivity (Wildman–Crippen MR) is 114 cm³/mol. The highest BCUT2D eigenvalue weighted by atomic mass is 16.5. The van der Waals surface area contributed by atoms with Crippen molar-refractivity contribution in [3.63, 3.8) is 0 Å². The van der Waals surface area contributed by atoms with Gasteiger partial charge in [-0.2, -0.15) is 0 Å². The van der Waals surface area contributed by atoms with Crippen molar-refractivity contribution >= 4 is 0 Å². The van der Waals surface area contributed by atoms with Crippen molar-refractivity contribution < 1.29 is 14.9 Å². The first kappa shape index (κ1) is 19.5. The summed E-state index contributed by atoms with van der Waals surface area (Å²) in [6.07, 6.45) is 2.35. The fraction of sp³-hybridized carbons (Fsp3) is 0.280. The average Bonchev–Trinajstić information content (AvgIpc) is 2.77. The maximum atomic E-state index is 10.5. The molecular formula is C25H27NO3. The maximum Gasteiger partial charge on any atom is 0.119 e. The van der Waals surface area contributed by atoms with Crippen LogP contribution < -0.4 is 10.1 Å². The number of aliphatic hydroxyl groups is 1. The molecule has 0 radical (unpaired) electrons. The van der Waals surface area contributed by atoms with Gasteiger partial charge in [-0.05, 0) is 65.8 Å². The lowest BCUT2D eigenvalue weighted by Gasteiger charge is -2.27. The summed E-state index contributed by atoms with van der Waals surface area (Å²) in [7, 11) is 0. The molecule has 0 saturated carbocycles. The molecule has 0 fully saturated rings. The molecule has 0 aliphatic heterocycles. The minimum Gasteiger partial charge on any atom is -0.508 e. The molecule has 0 saturated heterocycles. The van der Waals surface area contributed by atoms with Crippen LogP contribution in [0.5, 0.6) is 11.5 Å². The SMILES string of the molecule is Oc1ccc2c(c1)C[C@@H](NC[C@@H](O)c1ccc(OCc3ccccc3)cc1)CC2. The smallest absolute Gasteiger partial charge is 0.119 e. The fourth-order valence-corrected chi connectivity index (χ4v) is 3.84. The van der Waals surface area contributed by atoms with E-state index in [2.05, 4.69) is 5.32 Å². The summed E-state index contributed by atoms with van der Waals surface area (Å²) in [5, 5.41) is 23.7. The molecule has 0 aromatic heterocycles. The van der Waals surface area contributed by atoms with E-state index in [4.69, 9.17) is 4.74 Å². The molecule has 1 aliphatic carbocycles. The van der Waals surface area contributed by atoms with Crippen LogP contribution in [-0.2, 0) is 19.4 Å². The first-order valence-corrected chi connectivity index (χ1v) is 10.2. The molecule has 0 spiro atoms.